The van der Waals surface area contributed by atoms with Crippen LogP contribution in [0.1, 0.15) is 0 Å². The quantitative estimate of drug-likeness (QED) is 0.497. The van der Waals surface area contributed by atoms with Gasteiger partial charge in [0.1, 0.15) is 5.75 Å². The van der Waals surface area contributed by atoms with Crippen LogP contribution in [0.2, 0.25) is 0 Å². The summed E-state index contributed by atoms with van der Waals surface area (Å²) in [7, 11) is 0. The Morgan fingerprint density at radius 1 is 1.27 bits per heavy atom. The van der Waals surface area contributed by atoms with Gasteiger partial charge in [0, 0.05) is 0 Å². The summed E-state index contributed by atoms with van der Waals surface area (Å²) in [5.74, 6) is 0.593. The minimum absolute atomic E-state index is 0. The third-order valence-electron chi connectivity index (χ3n) is 0.971. The van der Waals surface area contributed by atoms with Gasteiger partial charge in [-0.15, -0.1) is 12.4 Å². The van der Waals surface area contributed by atoms with Gasteiger partial charge in [-0.25, -0.2) is 0 Å². The molecule has 0 radical (unpaired) electrons. The first-order valence-corrected chi connectivity index (χ1v) is 2.86. The third kappa shape index (κ3) is 3.47. The fourth-order valence-corrected chi connectivity index (χ4v) is 0.616. The van der Waals surface area contributed by atoms with Crippen molar-refractivity contribution in [1.82, 2.24) is 0 Å². The predicted molar refractivity (Wildman–Crippen MR) is 46.2 cm³/mol. The summed E-state index contributed by atoms with van der Waals surface area (Å²) in [5, 5.41) is 6.79. The number of nitrogens with one attached hydrogen (secondary N) is 1. The molecule has 3 N–H and O–H groups in total. The molecule has 0 saturated carbocycles. The Morgan fingerprint density at radius 3 is 2.27 bits per heavy atom. The average Bonchev–Trinajstić information content (AvgIpc) is 1.88. The zero-order valence-corrected chi connectivity index (χ0v) is 6.60. The molecule has 60 valence electrons. The van der Waals surface area contributed by atoms with Gasteiger partial charge in [-0.05, 0) is 12.1 Å². The van der Waals surface area contributed by atoms with Gasteiger partial charge in [0.15, 0.2) is 0 Å². The Kier molecular flexibility index (Phi) is 4.07. The van der Waals surface area contributed by atoms with E-state index >= 15 is 0 Å². The molecule has 4 heteroatoms. The summed E-state index contributed by atoms with van der Waals surface area (Å²) in [6, 6.07) is 8.69. The smallest absolute Gasteiger partial charge is 0.284 e. The molecule has 11 heavy (non-hydrogen) atoms. The number of hydrogen-bond acceptors (Lipinski definition) is 2. The monoisotopic (exact) mass is 172 g/mol. The maximum atomic E-state index is 6.79. The van der Waals surface area contributed by atoms with Crippen molar-refractivity contribution in [3.05, 3.63) is 30.3 Å². The van der Waals surface area contributed by atoms with Crippen LogP contribution in [0.5, 0.6) is 5.75 Å². The molecular formula is C7H9ClN2O. The van der Waals surface area contributed by atoms with E-state index in [1.165, 1.54) is 0 Å². The van der Waals surface area contributed by atoms with Crippen molar-refractivity contribution in [3.8, 4) is 5.75 Å². The lowest BCUT2D eigenvalue weighted by Crippen LogP contribution is -2.17. The third-order valence-corrected chi connectivity index (χ3v) is 0.971. The van der Waals surface area contributed by atoms with E-state index in [-0.39, 0.29) is 18.4 Å². The van der Waals surface area contributed by atoms with E-state index in [9.17, 15) is 0 Å². The molecule has 0 aromatic heterocycles. The number of nitrogens with two attached hydrogens (primary N) is 1. The average molecular weight is 173 g/mol. The van der Waals surface area contributed by atoms with Crippen LogP contribution in [0.4, 0.5) is 0 Å². The van der Waals surface area contributed by atoms with Crippen molar-refractivity contribution < 1.29 is 4.74 Å². The Hall–Kier alpha value is -1.22. The van der Waals surface area contributed by atoms with Crippen molar-refractivity contribution in [1.29, 1.82) is 5.41 Å². The maximum Gasteiger partial charge on any atom is 0.284 e. The molecular weight excluding hydrogens is 164 g/mol. The van der Waals surface area contributed by atoms with Crippen molar-refractivity contribution in [3.63, 3.8) is 0 Å². The molecule has 1 rings (SSSR count). The highest BCUT2D eigenvalue weighted by atomic mass is 35.5. The normalized spacial score (nSPS) is 8.00. The summed E-state index contributed by atoms with van der Waals surface area (Å²) >= 11 is 0. The second-order valence-corrected chi connectivity index (χ2v) is 1.78. The van der Waals surface area contributed by atoms with Gasteiger partial charge in [0.05, 0.1) is 0 Å². The second kappa shape index (κ2) is 4.57. The van der Waals surface area contributed by atoms with Gasteiger partial charge in [-0.3, -0.25) is 5.41 Å². The fourth-order valence-electron chi connectivity index (χ4n) is 0.616. The SMILES string of the molecule is Cl.N=C(N)Oc1ccccc1. The minimum atomic E-state index is -0.286. The van der Waals surface area contributed by atoms with Crippen molar-refractivity contribution >= 4 is 18.4 Å². The molecule has 1 aromatic carbocycles. The number of amidine groups is 1. The maximum absolute atomic E-state index is 6.79. The Balaban J connectivity index is 0.000001000. The standard InChI is InChI=1S/C7H8N2O.ClH/c8-7(9)10-6-4-2-1-3-5-6;/h1-5H,(H3,8,9);1H. The first kappa shape index (κ1) is 9.78. The summed E-state index contributed by atoms with van der Waals surface area (Å²) in [5.41, 5.74) is 4.99. The van der Waals surface area contributed by atoms with Gasteiger partial charge in [0.2, 0.25) is 0 Å². The van der Waals surface area contributed by atoms with Gasteiger partial charge in [-0.1, -0.05) is 18.2 Å². The van der Waals surface area contributed by atoms with Crippen LogP contribution in [0.25, 0.3) is 0 Å². The van der Waals surface area contributed by atoms with Crippen LogP contribution in [0.3, 0.4) is 0 Å². The van der Waals surface area contributed by atoms with Crippen LogP contribution in [0.15, 0.2) is 30.3 Å². The van der Waals surface area contributed by atoms with Crippen LogP contribution in [-0.4, -0.2) is 6.02 Å². The second-order valence-electron chi connectivity index (χ2n) is 1.78. The molecule has 0 aliphatic heterocycles. The van der Waals surface area contributed by atoms with E-state index in [4.69, 9.17) is 15.9 Å². The lowest BCUT2D eigenvalue weighted by molar-refractivity contribution is 0.537. The minimum Gasteiger partial charge on any atom is -0.426 e. The van der Waals surface area contributed by atoms with Crippen LogP contribution in [-0.2, 0) is 0 Å². The van der Waals surface area contributed by atoms with Crippen LogP contribution in [0, 0.1) is 5.41 Å². The van der Waals surface area contributed by atoms with E-state index in [0.717, 1.165) is 0 Å². The van der Waals surface area contributed by atoms with Gasteiger partial charge in [0.25, 0.3) is 6.02 Å². The summed E-state index contributed by atoms with van der Waals surface area (Å²) < 4.78 is 4.78. The number of ether oxygens (including phenoxy) is 1. The van der Waals surface area contributed by atoms with Crippen molar-refractivity contribution in [2.75, 3.05) is 0 Å². The molecule has 0 fully saturated rings. The van der Waals surface area contributed by atoms with Gasteiger partial charge < -0.3 is 10.5 Å². The largest absolute Gasteiger partial charge is 0.426 e. The summed E-state index contributed by atoms with van der Waals surface area (Å²) in [4.78, 5) is 0. The molecule has 0 spiro atoms. The van der Waals surface area contributed by atoms with Crippen molar-refractivity contribution in [2.45, 2.75) is 0 Å². The molecule has 0 bridgehead atoms. The molecule has 1 aromatic rings. The lowest BCUT2D eigenvalue weighted by atomic mass is 10.3. The number of hydrogen-bond donors (Lipinski definition) is 2. The molecule has 0 aliphatic carbocycles. The summed E-state index contributed by atoms with van der Waals surface area (Å²) in [6.07, 6.45) is 0. The molecule has 0 unspecified atom stereocenters. The molecule has 0 amide bonds. The van der Waals surface area contributed by atoms with Crippen LogP contribution < -0.4 is 10.5 Å². The number of halogens is 1. The highest BCUT2D eigenvalue weighted by Crippen LogP contribution is 2.06. The summed E-state index contributed by atoms with van der Waals surface area (Å²) in [6.45, 7) is 0. The zero-order valence-electron chi connectivity index (χ0n) is 5.78. The van der Waals surface area contributed by atoms with Gasteiger partial charge in [-0.2, -0.15) is 0 Å². The zero-order chi connectivity index (χ0) is 7.40. The first-order chi connectivity index (χ1) is 4.79. The topological polar surface area (TPSA) is 59.1 Å². The molecule has 3 nitrogen and oxygen atoms in total. The molecule has 0 aliphatic rings. The highest BCUT2D eigenvalue weighted by molar-refractivity contribution is 5.85. The van der Waals surface area contributed by atoms with E-state index in [1.54, 1.807) is 12.1 Å². The Morgan fingerprint density at radius 2 is 1.82 bits per heavy atom. The van der Waals surface area contributed by atoms with E-state index in [0.29, 0.717) is 5.75 Å². The molecule has 0 heterocycles. The van der Waals surface area contributed by atoms with E-state index in [1.807, 2.05) is 18.2 Å². The molecule has 0 saturated heterocycles. The predicted octanol–water partition coefficient (Wildman–Crippen LogP) is 1.38. The van der Waals surface area contributed by atoms with E-state index in [2.05, 4.69) is 0 Å². The fraction of sp³-hybridized carbons (Fsp3) is 0. The number of para-hydroxylation sites is 1. The van der Waals surface area contributed by atoms with E-state index < -0.39 is 0 Å². The Labute approximate surface area is 71.1 Å². The number of benzene rings is 1. The number of rotatable bonds is 1. The lowest BCUT2D eigenvalue weighted by Gasteiger charge is -1.99. The first-order valence-electron chi connectivity index (χ1n) is 2.86. The van der Waals surface area contributed by atoms with Crippen molar-refractivity contribution in [2.24, 2.45) is 5.73 Å². The highest BCUT2D eigenvalue weighted by Gasteiger charge is 1.90. The molecule has 0 atom stereocenters. The van der Waals surface area contributed by atoms with Crippen LogP contribution >= 0.6 is 12.4 Å². The van der Waals surface area contributed by atoms with Gasteiger partial charge >= 0.3 is 0 Å². The Bertz CT molecular complexity index is 225.